The molecule has 0 bridgehead atoms. The van der Waals surface area contributed by atoms with Crippen molar-refractivity contribution in [1.82, 2.24) is 9.97 Å². The topological polar surface area (TPSA) is 80.9 Å². The third kappa shape index (κ3) is 3.28. The van der Waals surface area contributed by atoms with E-state index in [1.165, 1.54) is 11.3 Å². The quantitative estimate of drug-likeness (QED) is 0.711. The van der Waals surface area contributed by atoms with Gasteiger partial charge in [-0.2, -0.15) is 0 Å². The fourth-order valence-corrected chi connectivity index (χ4v) is 2.99. The minimum atomic E-state index is -0.684. The lowest BCUT2D eigenvalue weighted by molar-refractivity contribution is -0.120. The maximum absolute atomic E-state index is 12.7. The van der Waals surface area contributed by atoms with Gasteiger partial charge in [0.25, 0.3) is 0 Å². The highest BCUT2D eigenvalue weighted by Crippen LogP contribution is 2.28. The van der Waals surface area contributed by atoms with Crippen molar-refractivity contribution in [2.24, 2.45) is 0 Å². The Labute approximate surface area is 144 Å². The first-order chi connectivity index (χ1) is 11.5. The highest BCUT2D eigenvalue weighted by Gasteiger charge is 2.30. The number of nitrogens with zero attached hydrogens (tertiary/aromatic N) is 2. The minimum absolute atomic E-state index is 0.108. The van der Waals surface area contributed by atoms with Crippen LogP contribution in [0, 0.1) is 0 Å². The number of benzene rings is 1. The third-order valence-electron chi connectivity index (χ3n) is 3.90. The Morgan fingerprint density at radius 3 is 2.46 bits per heavy atom. The molecule has 24 heavy (non-hydrogen) atoms. The van der Waals surface area contributed by atoms with Crippen LogP contribution in [-0.2, 0) is 10.2 Å². The van der Waals surface area contributed by atoms with E-state index in [4.69, 9.17) is 5.73 Å². The molecular formula is C18H18N4OS. The zero-order valence-corrected chi connectivity index (χ0v) is 14.3. The highest BCUT2D eigenvalue weighted by molar-refractivity contribution is 7.14. The molecule has 0 atom stereocenters. The van der Waals surface area contributed by atoms with E-state index in [9.17, 15) is 4.79 Å². The summed E-state index contributed by atoms with van der Waals surface area (Å²) in [4.78, 5) is 21.2. The molecule has 3 N–H and O–H groups in total. The molecule has 0 unspecified atom stereocenters. The average Bonchev–Trinajstić information content (AvgIpc) is 3.04. The molecule has 0 spiro atoms. The number of thiazole rings is 1. The minimum Gasteiger partial charge on any atom is -0.399 e. The maximum atomic E-state index is 12.7. The molecule has 3 rings (SSSR count). The standard InChI is InChI=1S/C18H18N4OS/c1-18(2,13-3-5-14(19)6-4-13)16(23)22-17-21-15(11-24-17)12-7-9-20-10-8-12/h3-11H,19H2,1-2H3,(H,21,22,23). The molecule has 122 valence electrons. The maximum Gasteiger partial charge on any atom is 0.236 e. The molecule has 0 aliphatic heterocycles. The van der Waals surface area contributed by atoms with E-state index in [0.29, 0.717) is 10.8 Å². The van der Waals surface area contributed by atoms with E-state index in [1.54, 1.807) is 24.5 Å². The van der Waals surface area contributed by atoms with Crippen molar-refractivity contribution in [3.8, 4) is 11.3 Å². The van der Waals surface area contributed by atoms with E-state index < -0.39 is 5.41 Å². The summed E-state index contributed by atoms with van der Waals surface area (Å²) < 4.78 is 0. The largest absolute Gasteiger partial charge is 0.399 e. The van der Waals surface area contributed by atoms with Crippen LogP contribution in [0.2, 0.25) is 0 Å². The van der Waals surface area contributed by atoms with Crippen molar-refractivity contribution in [3.63, 3.8) is 0 Å². The van der Waals surface area contributed by atoms with Crippen LogP contribution in [0.15, 0.2) is 54.2 Å². The van der Waals surface area contributed by atoms with Crippen LogP contribution in [-0.4, -0.2) is 15.9 Å². The van der Waals surface area contributed by atoms with E-state index in [1.807, 2.05) is 43.5 Å². The van der Waals surface area contributed by atoms with Crippen LogP contribution < -0.4 is 11.1 Å². The Kier molecular flexibility index (Phi) is 4.31. The van der Waals surface area contributed by atoms with Crippen molar-refractivity contribution >= 4 is 28.1 Å². The number of carbonyl (C=O) groups excluding carboxylic acids is 1. The summed E-state index contributed by atoms with van der Waals surface area (Å²) in [5.74, 6) is -0.108. The fraction of sp³-hybridized carbons (Fsp3) is 0.167. The summed E-state index contributed by atoms with van der Waals surface area (Å²) in [5.41, 5.74) is 8.40. The first kappa shape index (κ1) is 16.1. The van der Waals surface area contributed by atoms with Crippen molar-refractivity contribution in [1.29, 1.82) is 0 Å². The monoisotopic (exact) mass is 338 g/mol. The Balaban J connectivity index is 1.77. The van der Waals surface area contributed by atoms with Gasteiger partial charge in [0.15, 0.2) is 5.13 Å². The molecule has 0 aliphatic carbocycles. The lowest BCUT2D eigenvalue weighted by Crippen LogP contribution is -2.34. The van der Waals surface area contributed by atoms with Gasteiger partial charge in [0.2, 0.25) is 5.91 Å². The second-order valence-electron chi connectivity index (χ2n) is 5.97. The predicted octanol–water partition coefficient (Wildman–Crippen LogP) is 3.70. The van der Waals surface area contributed by atoms with Gasteiger partial charge in [0, 0.05) is 29.0 Å². The first-order valence-electron chi connectivity index (χ1n) is 7.50. The molecule has 3 aromatic rings. The molecule has 0 aliphatic rings. The zero-order valence-electron chi connectivity index (χ0n) is 13.5. The highest BCUT2D eigenvalue weighted by atomic mass is 32.1. The number of nitrogens with two attached hydrogens (primary N) is 1. The van der Waals surface area contributed by atoms with Gasteiger partial charge in [-0.1, -0.05) is 12.1 Å². The molecule has 2 aromatic heterocycles. The van der Waals surface area contributed by atoms with E-state index in [-0.39, 0.29) is 5.91 Å². The van der Waals surface area contributed by atoms with Gasteiger partial charge in [-0.3, -0.25) is 9.78 Å². The summed E-state index contributed by atoms with van der Waals surface area (Å²) >= 11 is 1.40. The van der Waals surface area contributed by atoms with Crippen LogP contribution in [0.25, 0.3) is 11.3 Å². The molecule has 0 radical (unpaired) electrons. The number of rotatable bonds is 4. The number of aromatic nitrogens is 2. The number of nitrogens with one attached hydrogen (secondary N) is 1. The first-order valence-corrected chi connectivity index (χ1v) is 8.38. The Morgan fingerprint density at radius 1 is 1.12 bits per heavy atom. The number of amides is 1. The molecule has 2 heterocycles. The van der Waals surface area contributed by atoms with Crippen LogP contribution in [0.5, 0.6) is 0 Å². The average molecular weight is 338 g/mol. The van der Waals surface area contributed by atoms with Crippen LogP contribution >= 0.6 is 11.3 Å². The van der Waals surface area contributed by atoms with Crippen molar-refractivity contribution in [3.05, 3.63) is 59.7 Å². The summed E-state index contributed by atoms with van der Waals surface area (Å²) in [5, 5.41) is 5.40. The van der Waals surface area contributed by atoms with Crippen molar-refractivity contribution in [2.45, 2.75) is 19.3 Å². The molecular weight excluding hydrogens is 320 g/mol. The number of hydrogen-bond acceptors (Lipinski definition) is 5. The Hall–Kier alpha value is -2.73. The second kappa shape index (κ2) is 6.41. The SMILES string of the molecule is CC(C)(C(=O)Nc1nc(-c2ccncc2)cs1)c1ccc(N)cc1. The van der Waals surface area contributed by atoms with Gasteiger partial charge in [-0.15, -0.1) is 11.3 Å². The molecule has 6 heteroatoms. The van der Waals surface area contributed by atoms with Gasteiger partial charge in [0.1, 0.15) is 0 Å². The van der Waals surface area contributed by atoms with E-state index in [2.05, 4.69) is 15.3 Å². The Bertz CT molecular complexity index is 841. The Morgan fingerprint density at radius 2 is 1.79 bits per heavy atom. The number of hydrogen-bond donors (Lipinski definition) is 2. The predicted molar refractivity (Wildman–Crippen MR) is 97.9 cm³/mol. The molecule has 1 aromatic carbocycles. The summed E-state index contributed by atoms with van der Waals surface area (Å²) in [7, 11) is 0. The van der Waals surface area contributed by atoms with Gasteiger partial charge >= 0.3 is 0 Å². The van der Waals surface area contributed by atoms with Crippen LogP contribution in [0.3, 0.4) is 0 Å². The smallest absolute Gasteiger partial charge is 0.236 e. The number of nitrogen functional groups attached to an aromatic ring is 1. The summed E-state index contributed by atoms with van der Waals surface area (Å²) in [6.07, 6.45) is 3.44. The van der Waals surface area contributed by atoms with Gasteiger partial charge < -0.3 is 11.1 Å². The van der Waals surface area contributed by atoms with E-state index in [0.717, 1.165) is 16.8 Å². The molecule has 1 amide bonds. The van der Waals surface area contributed by atoms with Crippen LogP contribution in [0.1, 0.15) is 19.4 Å². The second-order valence-corrected chi connectivity index (χ2v) is 6.83. The van der Waals surface area contributed by atoms with Crippen LogP contribution in [0.4, 0.5) is 10.8 Å². The van der Waals surface area contributed by atoms with Gasteiger partial charge in [0.05, 0.1) is 11.1 Å². The summed E-state index contributed by atoms with van der Waals surface area (Å²) in [6, 6.07) is 11.1. The number of carbonyl (C=O) groups is 1. The lowest BCUT2D eigenvalue weighted by Gasteiger charge is -2.23. The number of pyridine rings is 1. The number of anilines is 2. The third-order valence-corrected chi connectivity index (χ3v) is 4.66. The fourth-order valence-electron chi connectivity index (χ4n) is 2.27. The van der Waals surface area contributed by atoms with Gasteiger partial charge in [-0.25, -0.2) is 4.98 Å². The molecule has 0 saturated heterocycles. The summed E-state index contributed by atoms with van der Waals surface area (Å²) in [6.45, 7) is 3.76. The van der Waals surface area contributed by atoms with Crippen molar-refractivity contribution in [2.75, 3.05) is 11.1 Å². The molecule has 0 saturated carbocycles. The normalized spacial score (nSPS) is 11.2. The molecule has 0 fully saturated rings. The van der Waals surface area contributed by atoms with E-state index >= 15 is 0 Å². The zero-order chi connectivity index (χ0) is 17.2. The van der Waals surface area contributed by atoms with Crippen molar-refractivity contribution < 1.29 is 4.79 Å². The molecule has 5 nitrogen and oxygen atoms in total. The lowest BCUT2D eigenvalue weighted by atomic mass is 9.83. The van der Waals surface area contributed by atoms with Gasteiger partial charge in [-0.05, 0) is 43.7 Å².